The molecule has 0 aliphatic carbocycles. The van der Waals surface area contributed by atoms with Crippen molar-refractivity contribution >= 4 is 46.6 Å². The number of aromatic nitrogens is 10. The van der Waals surface area contributed by atoms with E-state index in [-0.39, 0.29) is 57.4 Å². The molecule has 0 spiro atoms. The number of benzene rings is 2. The van der Waals surface area contributed by atoms with Crippen molar-refractivity contribution in [2.75, 3.05) is 11.5 Å². The molecule has 20 nitrogen and oxygen atoms in total. The molecule has 0 radical (unpaired) electrons. The number of nitrogen functional groups attached to an aromatic ring is 2. The summed E-state index contributed by atoms with van der Waals surface area (Å²) in [5.74, 6) is -1.97. The standard InChI is InChI=1S/C32H26N16O4/c1-45-29(19(14-37-45)31(49)50)41-39-25-23(17-9-5-3-6-10-17)43-47(27(25)33)21-13-22(36-16-35-21)48-28(34)26(24(44-48)18-11-7-4-8-12-18)40-42-30-20(32(51)52)15-38-46(30)2/h3-16H,33-34H2,1-2H3,(H,49,50)(H,51,52)/b41-39+,42-40+. The van der Waals surface area contributed by atoms with Crippen LogP contribution >= 0.6 is 0 Å². The van der Waals surface area contributed by atoms with Crippen LogP contribution in [0, 0.1) is 0 Å². The second-order valence-corrected chi connectivity index (χ2v) is 11.0. The first-order valence-electron chi connectivity index (χ1n) is 15.2. The molecule has 7 rings (SSSR count). The Hall–Kier alpha value is -7.90. The number of nitrogens with zero attached hydrogens (tertiary/aromatic N) is 14. The number of aromatic carboxylic acids is 2. The summed E-state index contributed by atoms with van der Waals surface area (Å²) in [6.45, 7) is 0. The van der Waals surface area contributed by atoms with Gasteiger partial charge < -0.3 is 21.7 Å². The van der Waals surface area contributed by atoms with E-state index in [1.54, 1.807) is 24.3 Å². The minimum Gasteiger partial charge on any atom is -0.477 e. The molecule has 0 unspecified atom stereocenters. The van der Waals surface area contributed by atoms with Gasteiger partial charge in [-0.2, -0.15) is 29.8 Å². The molecule has 52 heavy (non-hydrogen) atoms. The molecule has 0 fully saturated rings. The van der Waals surface area contributed by atoms with Gasteiger partial charge in [-0.25, -0.2) is 28.9 Å². The fourth-order valence-corrected chi connectivity index (χ4v) is 5.14. The lowest BCUT2D eigenvalue weighted by atomic mass is 10.1. The summed E-state index contributed by atoms with van der Waals surface area (Å²) in [4.78, 5) is 32.3. The van der Waals surface area contributed by atoms with E-state index in [2.05, 4.69) is 40.6 Å². The zero-order valence-electron chi connectivity index (χ0n) is 27.2. The van der Waals surface area contributed by atoms with Crippen LogP contribution in [-0.2, 0) is 14.1 Å². The van der Waals surface area contributed by atoms with Gasteiger partial charge in [-0.1, -0.05) is 60.7 Å². The molecular formula is C32H26N16O4. The van der Waals surface area contributed by atoms with Gasteiger partial charge in [0.25, 0.3) is 0 Å². The maximum atomic E-state index is 11.7. The van der Waals surface area contributed by atoms with Crippen LogP contribution in [0.2, 0.25) is 0 Å². The molecular weight excluding hydrogens is 672 g/mol. The van der Waals surface area contributed by atoms with Crippen LogP contribution in [0.3, 0.4) is 0 Å². The van der Waals surface area contributed by atoms with Crippen LogP contribution in [0.25, 0.3) is 34.2 Å². The van der Waals surface area contributed by atoms with Crippen molar-refractivity contribution in [3.05, 3.63) is 96.6 Å². The number of nitrogens with two attached hydrogens (primary N) is 2. The van der Waals surface area contributed by atoms with Gasteiger partial charge in [-0.3, -0.25) is 0 Å². The predicted molar refractivity (Wildman–Crippen MR) is 185 cm³/mol. The minimum absolute atomic E-state index is 0.00175. The van der Waals surface area contributed by atoms with Gasteiger partial charge in [0.05, 0.1) is 12.4 Å². The molecule has 0 aliphatic rings. The molecule has 2 aromatic carbocycles. The third-order valence-corrected chi connectivity index (χ3v) is 7.72. The van der Waals surface area contributed by atoms with Crippen LogP contribution in [0.15, 0.2) is 106 Å². The summed E-state index contributed by atoms with van der Waals surface area (Å²) in [5.41, 5.74) is 15.2. The van der Waals surface area contributed by atoms with Crippen molar-refractivity contribution in [3.8, 4) is 34.2 Å². The zero-order valence-corrected chi connectivity index (χ0v) is 27.2. The van der Waals surface area contributed by atoms with E-state index in [9.17, 15) is 19.8 Å². The summed E-state index contributed by atoms with van der Waals surface area (Å²) < 4.78 is 5.22. The molecule has 0 bridgehead atoms. The maximum Gasteiger partial charge on any atom is 0.341 e. The van der Waals surface area contributed by atoms with Crippen LogP contribution in [0.4, 0.5) is 34.6 Å². The van der Waals surface area contributed by atoms with Gasteiger partial charge in [0, 0.05) is 31.3 Å². The summed E-state index contributed by atoms with van der Waals surface area (Å²) in [6, 6.07) is 19.7. The average Bonchev–Trinajstić information content (AvgIpc) is 3.90. The van der Waals surface area contributed by atoms with E-state index in [1.165, 1.54) is 57.6 Å². The number of carboxylic acid groups (broad SMARTS) is 2. The number of aryl methyl sites for hydroxylation is 2. The first kappa shape index (κ1) is 32.6. The molecule has 7 aromatic rings. The predicted octanol–water partition coefficient (Wildman–Crippen LogP) is 5.04. The maximum absolute atomic E-state index is 11.7. The van der Waals surface area contributed by atoms with E-state index >= 15 is 0 Å². The second kappa shape index (κ2) is 13.2. The Morgan fingerprint density at radius 2 is 1.04 bits per heavy atom. The first-order chi connectivity index (χ1) is 25.1. The molecule has 6 N–H and O–H groups in total. The Morgan fingerprint density at radius 3 is 1.42 bits per heavy atom. The molecule has 5 heterocycles. The zero-order chi connectivity index (χ0) is 36.5. The molecule has 20 heteroatoms. The summed E-state index contributed by atoms with van der Waals surface area (Å²) in [7, 11) is 3.08. The van der Waals surface area contributed by atoms with Gasteiger partial charge in [0.1, 0.15) is 28.8 Å². The van der Waals surface area contributed by atoms with E-state index in [0.29, 0.717) is 22.5 Å². The Bertz CT molecular complexity index is 2360. The fraction of sp³-hybridized carbons (Fsp3) is 0.0625. The van der Waals surface area contributed by atoms with Crippen molar-refractivity contribution in [2.24, 2.45) is 34.6 Å². The first-order valence-corrected chi connectivity index (χ1v) is 15.2. The largest absolute Gasteiger partial charge is 0.477 e. The highest BCUT2D eigenvalue weighted by atomic mass is 16.4. The topological polar surface area (TPSA) is 273 Å². The van der Waals surface area contributed by atoms with Crippen LogP contribution in [0.5, 0.6) is 0 Å². The van der Waals surface area contributed by atoms with Crippen molar-refractivity contribution in [1.82, 2.24) is 49.1 Å². The molecule has 0 saturated heterocycles. The summed E-state index contributed by atoms with van der Waals surface area (Å²) >= 11 is 0. The lowest BCUT2D eigenvalue weighted by Gasteiger charge is -2.06. The van der Waals surface area contributed by atoms with Crippen molar-refractivity contribution < 1.29 is 19.8 Å². The molecule has 0 atom stereocenters. The van der Waals surface area contributed by atoms with E-state index in [1.807, 2.05) is 36.4 Å². The normalized spacial score (nSPS) is 11.6. The number of rotatable bonds is 10. The second-order valence-electron chi connectivity index (χ2n) is 11.0. The Balaban J connectivity index is 1.34. The average molecular weight is 699 g/mol. The lowest BCUT2D eigenvalue weighted by molar-refractivity contribution is 0.0686. The Labute approximate surface area is 292 Å². The molecule has 5 aromatic heterocycles. The third kappa shape index (κ3) is 5.87. The summed E-state index contributed by atoms with van der Waals surface area (Å²) in [6.07, 6.45) is 3.61. The third-order valence-electron chi connectivity index (χ3n) is 7.72. The Morgan fingerprint density at radius 1 is 0.635 bits per heavy atom. The lowest BCUT2D eigenvalue weighted by Crippen LogP contribution is -2.09. The Kier molecular flexibility index (Phi) is 8.28. The van der Waals surface area contributed by atoms with Gasteiger partial charge in [-0.05, 0) is 0 Å². The molecule has 0 amide bonds. The van der Waals surface area contributed by atoms with Crippen molar-refractivity contribution in [1.29, 1.82) is 0 Å². The molecule has 258 valence electrons. The highest BCUT2D eigenvalue weighted by Gasteiger charge is 2.24. The SMILES string of the molecule is Cn1ncc(C(=O)O)c1/N=N/c1c(-c2ccccc2)nn(-c2cc(-n3nc(-c4ccccc4)c(/N=N/c4c(C(=O)O)cnn4C)c3N)ncn2)c1N. The van der Waals surface area contributed by atoms with Crippen LogP contribution in [0.1, 0.15) is 20.7 Å². The van der Waals surface area contributed by atoms with Crippen molar-refractivity contribution in [2.45, 2.75) is 0 Å². The number of carbonyl (C=O) groups is 2. The highest BCUT2D eigenvalue weighted by molar-refractivity contribution is 5.93. The number of carboxylic acids is 2. The number of anilines is 2. The van der Waals surface area contributed by atoms with Gasteiger partial charge in [0.15, 0.2) is 46.3 Å². The summed E-state index contributed by atoms with van der Waals surface area (Å²) in [5, 5.41) is 53.5. The smallest absolute Gasteiger partial charge is 0.341 e. The minimum atomic E-state index is -1.22. The monoisotopic (exact) mass is 698 g/mol. The van der Waals surface area contributed by atoms with Crippen LogP contribution < -0.4 is 11.5 Å². The number of hydrogen-bond acceptors (Lipinski definition) is 14. The fourth-order valence-electron chi connectivity index (χ4n) is 5.14. The molecule has 0 aliphatic heterocycles. The van der Waals surface area contributed by atoms with Gasteiger partial charge in [0.2, 0.25) is 0 Å². The number of hydrogen-bond donors (Lipinski definition) is 4. The van der Waals surface area contributed by atoms with Gasteiger partial charge >= 0.3 is 11.9 Å². The van der Waals surface area contributed by atoms with E-state index in [4.69, 9.17) is 21.7 Å². The molecule has 0 saturated carbocycles. The number of azo groups is 2. The quantitative estimate of drug-likeness (QED) is 0.137. The van der Waals surface area contributed by atoms with Crippen LogP contribution in [-0.4, -0.2) is 71.2 Å². The van der Waals surface area contributed by atoms with Gasteiger partial charge in [-0.15, -0.1) is 20.5 Å². The highest BCUT2D eigenvalue weighted by Crippen LogP contribution is 2.39. The van der Waals surface area contributed by atoms with E-state index < -0.39 is 11.9 Å². The van der Waals surface area contributed by atoms with E-state index in [0.717, 1.165) is 0 Å². The van der Waals surface area contributed by atoms with Crippen molar-refractivity contribution in [3.63, 3.8) is 0 Å².